The summed E-state index contributed by atoms with van der Waals surface area (Å²) in [7, 11) is 0. The van der Waals surface area contributed by atoms with Crippen LogP contribution in [0.5, 0.6) is 0 Å². The summed E-state index contributed by atoms with van der Waals surface area (Å²) in [5.41, 5.74) is 4.40. The number of nitrogen functional groups attached to an aromatic ring is 1. The molecule has 1 fully saturated rings. The molecular formula is C12H17F3N4. The number of nitrogens with zero attached hydrogens (tertiary/aromatic N) is 3. The Kier molecular flexibility index (Phi) is 3.56. The minimum Gasteiger partial charge on any atom is -0.368 e. The first-order chi connectivity index (χ1) is 8.77. The van der Waals surface area contributed by atoms with Gasteiger partial charge in [0.05, 0.1) is 0 Å². The Hall–Kier alpha value is -1.53. The number of hydrogen-bond donors (Lipinski definition) is 1. The summed E-state index contributed by atoms with van der Waals surface area (Å²) in [6.45, 7) is 4.82. The molecule has 2 atom stereocenters. The highest BCUT2D eigenvalue weighted by molar-refractivity contribution is 5.45. The minimum absolute atomic E-state index is 0.152. The molecule has 1 saturated heterocycles. The molecule has 2 heterocycles. The van der Waals surface area contributed by atoms with Gasteiger partial charge in [-0.2, -0.15) is 18.2 Å². The quantitative estimate of drug-likeness (QED) is 0.855. The third-order valence-electron chi connectivity index (χ3n) is 3.45. The van der Waals surface area contributed by atoms with Crippen molar-refractivity contribution in [1.29, 1.82) is 0 Å². The van der Waals surface area contributed by atoms with Crippen LogP contribution in [0.1, 0.15) is 32.4 Å². The molecule has 7 heteroatoms. The Bertz CT molecular complexity index is 461. The lowest BCUT2D eigenvalue weighted by Crippen LogP contribution is -2.41. The van der Waals surface area contributed by atoms with Gasteiger partial charge in [-0.25, -0.2) is 4.98 Å². The summed E-state index contributed by atoms with van der Waals surface area (Å²) in [6.07, 6.45) is -2.63. The van der Waals surface area contributed by atoms with E-state index in [0.717, 1.165) is 18.9 Å². The summed E-state index contributed by atoms with van der Waals surface area (Å²) in [6, 6.07) is 1.13. The molecule has 1 aromatic rings. The summed E-state index contributed by atoms with van der Waals surface area (Å²) in [5.74, 6) is 0.502. The van der Waals surface area contributed by atoms with E-state index in [1.807, 2.05) is 11.8 Å². The zero-order valence-corrected chi connectivity index (χ0v) is 10.9. The van der Waals surface area contributed by atoms with Crippen LogP contribution in [0.15, 0.2) is 6.07 Å². The number of alkyl halides is 3. The van der Waals surface area contributed by atoms with Crippen molar-refractivity contribution in [2.75, 3.05) is 17.2 Å². The average molecular weight is 274 g/mol. The maximum atomic E-state index is 12.7. The lowest BCUT2D eigenvalue weighted by molar-refractivity contribution is -0.141. The smallest absolute Gasteiger partial charge is 0.368 e. The van der Waals surface area contributed by atoms with Crippen molar-refractivity contribution in [3.8, 4) is 0 Å². The van der Waals surface area contributed by atoms with E-state index in [9.17, 15) is 13.2 Å². The van der Waals surface area contributed by atoms with Crippen molar-refractivity contribution in [1.82, 2.24) is 9.97 Å². The summed E-state index contributed by atoms with van der Waals surface area (Å²) in [5, 5.41) is 0. The van der Waals surface area contributed by atoms with Gasteiger partial charge in [-0.15, -0.1) is 0 Å². The highest BCUT2D eigenvalue weighted by Gasteiger charge is 2.35. The van der Waals surface area contributed by atoms with Gasteiger partial charge in [0, 0.05) is 18.7 Å². The fourth-order valence-electron chi connectivity index (χ4n) is 2.49. The second-order valence-corrected chi connectivity index (χ2v) is 5.14. The highest BCUT2D eigenvalue weighted by atomic mass is 19.4. The molecule has 0 aromatic carbocycles. The van der Waals surface area contributed by atoms with Crippen LogP contribution in [0.2, 0.25) is 0 Å². The SMILES string of the molecule is CC1CCN(c2cc(C(F)(F)F)nc(N)n2)C(C)C1. The first-order valence-corrected chi connectivity index (χ1v) is 6.25. The maximum absolute atomic E-state index is 12.7. The minimum atomic E-state index is -4.50. The standard InChI is InChI=1S/C12H17F3N4/c1-7-3-4-19(8(2)5-7)10-6-9(12(13,14)15)17-11(16)18-10/h6-8H,3-5H2,1-2H3,(H2,16,17,18). The van der Waals surface area contributed by atoms with E-state index in [0.29, 0.717) is 12.5 Å². The Balaban J connectivity index is 2.32. The molecular weight excluding hydrogens is 257 g/mol. The number of rotatable bonds is 1. The zero-order valence-electron chi connectivity index (χ0n) is 10.9. The number of piperidine rings is 1. The first kappa shape index (κ1) is 13.9. The van der Waals surface area contributed by atoms with Crippen molar-refractivity contribution in [3.05, 3.63) is 11.8 Å². The van der Waals surface area contributed by atoms with Gasteiger partial charge >= 0.3 is 6.18 Å². The molecule has 0 bridgehead atoms. The number of anilines is 2. The van der Waals surface area contributed by atoms with E-state index in [4.69, 9.17) is 5.73 Å². The fourth-order valence-corrected chi connectivity index (χ4v) is 2.49. The van der Waals surface area contributed by atoms with E-state index >= 15 is 0 Å². The molecule has 2 N–H and O–H groups in total. The maximum Gasteiger partial charge on any atom is 0.433 e. The topological polar surface area (TPSA) is 55.0 Å². The first-order valence-electron chi connectivity index (χ1n) is 6.25. The molecule has 2 rings (SSSR count). The third-order valence-corrected chi connectivity index (χ3v) is 3.45. The van der Waals surface area contributed by atoms with Crippen LogP contribution in [-0.2, 0) is 6.18 Å². The highest BCUT2D eigenvalue weighted by Crippen LogP contribution is 2.32. The van der Waals surface area contributed by atoms with Gasteiger partial charge in [0.2, 0.25) is 5.95 Å². The number of halogens is 3. The van der Waals surface area contributed by atoms with Crippen molar-refractivity contribution >= 4 is 11.8 Å². The van der Waals surface area contributed by atoms with Gasteiger partial charge in [-0.1, -0.05) is 6.92 Å². The second kappa shape index (κ2) is 4.86. The lowest BCUT2D eigenvalue weighted by atomic mass is 9.93. The van der Waals surface area contributed by atoms with Gasteiger partial charge in [0.15, 0.2) is 5.69 Å². The Morgan fingerprint density at radius 3 is 2.58 bits per heavy atom. The largest absolute Gasteiger partial charge is 0.433 e. The molecule has 0 radical (unpaired) electrons. The van der Waals surface area contributed by atoms with Gasteiger partial charge in [-0.3, -0.25) is 0 Å². The van der Waals surface area contributed by atoms with E-state index in [2.05, 4.69) is 16.9 Å². The van der Waals surface area contributed by atoms with Crippen LogP contribution in [0.25, 0.3) is 0 Å². The third kappa shape index (κ3) is 3.08. The van der Waals surface area contributed by atoms with Crippen LogP contribution in [0.3, 0.4) is 0 Å². The Morgan fingerprint density at radius 1 is 1.32 bits per heavy atom. The van der Waals surface area contributed by atoms with Gasteiger partial charge in [0.1, 0.15) is 5.82 Å². The fraction of sp³-hybridized carbons (Fsp3) is 0.667. The van der Waals surface area contributed by atoms with Crippen molar-refractivity contribution in [2.24, 2.45) is 5.92 Å². The van der Waals surface area contributed by atoms with Crippen LogP contribution >= 0.6 is 0 Å². The molecule has 106 valence electrons. The molecule has 0 amide bonds. The monoisotopic (exact) mass is 274 g/mol. The Labute approximate surface area is 109 Å². The predicted octanol–water partition coefficient (Wildman–Crippen LogP) is 2.70. The molecule has 0 aliphatic carbocycles. The number of nitrogens with two attached hydrogens (primary N) is 1. The van der Waals surface area contributed by atoms with E-state index in [-0.39, 0.29) is 17.8 Å². The normalized spacial score (nSPS) is 24.6. The zero-order chi connectivity index (χ0) is 14.2. The van der Waals surface area contributed by atoms with E-state index in [1.165, 1.54) is 0 Å². The van der Waals surface area contributed by atoms with Crippen molar-refractivity contribution in [3.63, 3.8) is 0 Å². The van der Waals surface area contributed by atoms with E-state index < -0.39 is 11.9 Å². The summed E-state index contributed by atoms with van der Waals surface area (Å²) in [4.78, 5) is 9.06. The van der Waals surface area contributed by atoms with Crippen molar-refractivity contribution < 1.29 is 13.2 Å². The summed E-state index contributed by atoms with van der Waals surface area (Å²) < 4.78 is 38.1. The molecule has 1 aliphatic rings. The predicted molar refractivity (Wildman–Crippen MR) is 66.7 cm³/mol. The number of aromatic nitrogens is 2. The molecule has 1 aromatic heterocycles. The molecule has 1 aliphatic heterocycles. The second-order valence-electron chi connectivity index (χ2n) is 5.14. The average Bonchev–Trinajstić information content (AvgIpc) is 2.26. The number of hydrogen-bond acceptors (Lipinski definition) is 4. The molecule has 0 spiro atoms. The Morgan fingerprint density at radius 2 is 2.00 bits per heavy atom. The molecule has 0 saturated carbocycles. The van der Waals surface area contributed by atoms with Gasteiger partial charge < -0.3 is 10.6 Å². The summed E-state index contributed by atoms with van der Waals surface area (Å²) >= 11 is 0. The van der Waals surface area contributed by atoms with Gasteiger partial charge in [0.25, 0.3) is 0 Å². The van der Waals surface area contributed by atoms with Crippen LogP contribution in [0, 0.1) is 5.92 Å². The lowest BCUT2D eigenvalue weighted by Gasteiger charge is -2.37. The van der Waals surface area contributed by atoms with E-state index in [1.54, 1.807) is 0 Å². The molecule has 19 heavy (non-hydrogen) atoms. The van der Waals surface area contributed by atoms with Gasteiger partial charge in [-0.05, 0) is 25.7 Å². The molecule has 4 nitrogen and oxygen atoms in total. The van der Waals surface area contributed by atoms with Crippen LogP contribution < -0.4 is 10.6 Å². The molecule has 2 unspecified atom stereocenters. The van der Waals surface area contributed by atoms with Crippen LogP contribution in [0.4, 0.5) is 24.9 Å². The van der Waals surface area contributed by atoms with Crippen LogP contribution in [-0.4, -0.2) is 22.6 Å². The van der Waals surface area contributed by atoms with Crippen molar-refractivity contribution in [2.45, 2.75) is 38.9 Å².